The van der Waals surface area contributed by atoms with Crippen LogP contribution in [0.15, 0.2) is 12.1 Å². The number of carboxylic acids is 1. The second kappa shape index (κ2) is 7.43. The molecule has 0 saturated carbocycles. The Balaban J connectivity index is 2.96. The quantitative estimate of drug-likeness (QED) is 0.619. The highest BCUT2D eigenvalue weighted by Gasteiger charge is 2.22. The van der Waals surface area contributed by atoms with Gasteiger partial charge in [-0.25, -0.2) is 4.79 Å². The summed E-state index contributed by atoms with van der Waals surface area (Å²) in [7, 11) is 1.61. The number of ether oxygens (including phenoxy) is 3. The molecule has 1 aromatic carbocycles. The average Bonchev–Trinajstić information content (AvgIpc) is 2.36. The maximum Gasteiger partial charge on any atom is 0.335 e. The fourth-order valence-corrected chi connectivity index (χ4v) is 1.92. The molecule has 0 bridgehead atoms. The summed E-state index contributed by atoms with van der Waals surface area (Å²) < 4.78 is 15.8. The molecule has 0 fully saturated rings. The minimum Gasteiger partial charge on any atom is -0.478 e. The Bertz CT molecular complexity index is 488. The molecule has 21 heavy (non-hydrogen) atoms. The number of carbonyl (C=O) groups is 1. The zero-order valence-corrected chi connectivity index (χ0v) is 13.4. The Morgan fingerprint density at radius 3 is 2.43 bits per heavy atom. The molecule has 118 valence electrons. The van der Waals surface area contributed by atoms with E-state index in [4.69, 9.17) is 14.2 Å². The summed E-state index contributed by atoms with van der Waals surface area (Å²) in [4.78, 5) is 11.3. The summed E-state index contributed by atoms with van der Waals surface area (Å²) >= 11 is 0. The van der Waals surface area contributed by atoms with E-state index in [1.807, 2.05) is 20.8 Å². The minimum absolute atomic E-state index is 0.109. The summed E-state index contributed by atoms with van der Waals surface area (Å²) in [5.74, 6) is -0.275. The minimum atomic E-state index is -0.930. The van der Waals surface area contributed by atoms with Gasteiger partial charge in [0.2, 0.25) is 0 Å². The normalized spacial score (nSPS) is 11.5. The van der Waals surface area contributed by atoms with Gasteiger partial charge in [0, 0.05) is 12.7 Å². The molecule has 0 aliphatic carbocycles. The number of methoxy groups -OCH3 is 1. The predicted molar refractivity (Wildman–Crippen MR) is 80.2 cm³/mol. The standard InChI is InChI=1S/C16H24O5/c1-11-8-14(21-10-20-7-6-19-5)13(16(2,3)4)9-12(11)15(17)18/h8-9H,6-7,10H2,1-5H3,(H,17,18). The molecule has 1 N–H and O–H groups in total. The first-order valence-electron chi connectivity index (χ1n) is 6.85. The largest absolute Gasteiger partial charge is 0.478 e. The van der Waals surface area contributed by atoms with Crippen LogP contribution >= 0.6 is 0 Å². The van der Waals surface area contributed by atoms with E-state index in [9.17, 15) is 9.90 Å². The Kier molecular flexibility index (Phi) is 6.18. The van der Waals surface area contributed by atoms with Crippen molar-refractivity contribution in [2.24, 2.45) is 0 Å². The SMILES string of the molecule is COCCOCOc1cc(C)c(C(=O)O)cc1C(C)(C)C. The predicted octanol–water partition coefficient (Wildman–Crippen LogP) is 2.99. The van der Waals surface area contributed by atoms with E-state index in [2.05, 4.69) is 0 Å². The number of rotatable bonds is 7. The summed E-state index contributed by atoms with van der Waals surface area (Å²) in [6.45, 7) is 8.87. The van der Waals surface area contributed by atoms with Crippen molar-refractivity contribution in [2.45, 2.75) is 33.1 Å². The van der Waals surface area contributed by atoms with E-state index in [-0.39, 0.29) is 12.2 Å². The molecule has 1 rings (SSSR count). The highest BCUT2D eigenvalue weighted by molar-refractivity contribution is 5.90. The molecule has 0 atom stereocenters. The van der Waals surface area contributed by atoms with E-state index < -0.39 is 5.97 Å². The van der Waals surface area contributed by atoms with E-state index in [0.29, 0.717) is 30.1 Å². The Morgan fingerprint density at radius 1 is 1.24 bits per heavy atom. The fourth-order valence-electron chi connectivity index (χ4n) is 1.92. The van der Waals surface area contributed by atoms with Gasteiger partial charge in [-0.2, -0.15) is 0 Å². The smallest absolute Gasteiger partial charge is 0.335 e. The highest BCUT2D eigenvalue weighted by Crippen LogP contribution is 2.33. The van der Waals surface area contributed by atoms with Gasteiger partial charge < -0.3 is 19.3 Å². The molecule has 0 spiro atoms. The summed E-state index contributed by atoms with van der Waals surface area (Å²) in [6.07, 6.45) is 0. The molecule has 5 nitrogen and oxygen atoms in total. The number of hydrogen-bond donors (Lipinski definition) is 1. The molecule has 5 heteroatoms. The Morgan fingerprint density at radius 2 is 1.90 bits per heavy atom. The van der Waals surface area contributed by atoms with Crippen molar-refractivity contribution in [2.75, 3.05) is 27.1 Å². The van der Waals surface area contributed by atoms with Crippen molar-refractivity contribution in [3.8, 4) is 5.75 Å². The lowest BCUT2D eigenvalue weighted by Crippen LogP contribution is -2.17. The van der Waals surface area contributed by atoms with E-state index in [1.165, 1.54) is 0 Å². The van der Waals surface area contributed by atoms with Crippen LogP contribution < -0.4 is 4.74 Å². The molecular weight excluding hydrogens is 272 g/mol. The first kappa shape index (κ1) is 17.5. The summed E-state index contributed by atoms with van der Waals surface area (Å²) in [5.41, 5.74) is 1.59. The average molecular weight is 296 g/mol. The van der Waals surface area contributed by atoms with Crippen LogP contribution in [0.1, 0.15) is 42.3 Å². The van der Waals surface area contributed by atoms with Gasteiger partial charge in [-0.05, 0) is 30.0 Å². The van der Waals surface area contributed by atoms with Crippen LogP contribution in [0.25, 0.3) is 0 Å². The maximum absolute atomic E-state index is 11.3. The van der Waals surface area contributed by atoms with Gasteiger partial charge in [0.1, 0.15) is 5.75 Å². The van der Waals surface area contributed by atoms with Crippen LogP contribution in [0.2, 0.25) is 0 Å². The van der Waals surface area contributed by atoms with Crippen LogP contribution in [0.5, 0.6) is 5.75 Å². The van der Waals surface area contributed by atoms with Crippen molar-refractivity contribution in [1.82, 2.24) is 0 Å². The second-order valence-corrected chi connectivity index (χ2v) is 5.88. The van der Waals surface area contributed by atoms with Gasteiger partial charge in [-0.1, -0.05) is 20.8 Å². The number of hydrogen-bond acceptors (Lipinski definition) is 4. The molecule has 0 radical (unpaired) electrons. The van der Waals surface area contributed by atoms with Crippen molar-refractivity contribution >= 4 is 5.97 Å². The Hall–Kier alpha value is -1.59. The maximum atomic E-state index is 11.3. The molecule has 0 aliphatic rings. The van der Waals surface area contributed by atoms with Crippen molar-refractivity contribution in [1.29, 1.82) is 0 Å². The molecule has 0 unspecified atom stereocenters. The molecule has 1 aromatic rings. The summed E-state index contributed by atoms with van der Waals surface area (Å²) in [5, 5.41) is 9.24. The van der Waals surface area contributed by atoms with Crippen molar-refractivity contribution in [3.63, 3.8) is 0 Å². The molecule has 0 aromatic heterocycles. The first-order valence-corrected chi connectivity index (χ1v) is 6.85. The topological polar surface area (TPSA) is 65.0 Å². The molecule has 0 saturated heterocycles. The van der Waals surface area contributed by atoms with Crippen LogP contribution in [-0.2, 0) is 14.9 Å². The van der Waals surface area contributed by atoms with Gasteiger partial charge in [0.15, 0.2) is 6.79 Å². The number of aryl methyl sites for hydroxylation is 1. The zero-order chi connectivity index (χ0) is 16.0. The summed E-state index contributed by atoms with van der Waals surface area (Å²) in [6, 6.07) is 3.44. The van der Waals surface area contributed by atoms with Gasteiger partial charge in [0.05, 0.1) is 18.8 Å². The van der Waals surface area contributed by atoms with Gasteiger partial charge in [-0.3, -0.25) is 0 Å². The number of benzene rings is 1. The van der Waals surface area contributed by atoms with Gasteiger partial charge >= 0.3 is 5.97 Å². The first-order chi connectivity index (χ1) is 9.77. The lowest BCUT2D eigenvalue weighted by atomic mass is 9.84. The third kappa shape index (κ3) is 5.02. The molecule has 0 aliphatic heterocycles. The van der Waals surface area contributed by atoms with Crippen molar-refractivity contribution in [3.05, 3.63) is 28.8 Å². The van der Waals surface area contributed by atoms with Crippen LogP contribution in [0.4, 0.5) is 0 Å². The third-order valence-corrected chi connectivity index (χ3v) is 3.09. The van der Waals surface area contributed by atoms with E-state index in [1.54, 1.807) is 26.2 Å². The fraction of sp³-hybridized carbons (Fsp3) is 0.562. The molecular formula is C16H24O5. The van der Waals surface area contributed by atoms with E-state index in [0.717, 1.165) is 5.56 Å². The van der Waals surface area contributed by atoms with Gasteiger partial charge in [0.25, 0.3) is 0 Å². The third-order valence-electron chi connectivity index (χ3n) is 3.09. The lowest BCUT2D eigenvalue weighted by Gasteiger charge is -2.24. The molecule has 0 heterocycles. The highest BCUT2D eigenvalue weighted by atomic mass is 16.7. The monoisotopic (exact) mass is 296 g/mol. The number of carboxylic acid groups (broad SMARTS) is 1. The van der Waals surface area contributed by atoms with Crippen LogP contribution in [-0.4, -0.2) is 38.2 Å². The van der Waals surface area contributed by atoms with Crippen LogP contribution in [0.3, 0.4) is 0 Å². The van der Waals surface area contributed by atoms with Crippen molar-refractivity contribution < 1.29 is 24.1 Å². The number of aromatic carboxylic acids is 1. The zero-order valence-electron chi connectivity index (χ0n) is 13.4. The lowest BCUT2D eigenvalue weighted by molar-refractivity contribution is -0.00920. The van der Waals surface area contributed by atoms with E-state index >= 15 is 0 Å². The second-order valence-electron chi connectivity index (χ2n) is 5.88. The molecule has 0 amide bonds. The van der Waals surface area contributed by atoms with Crippen LogP contribution in [0, 0.1) is 6.92 Å². The van der Waals surface area contributed by atoms with Gasteiger partial charge in [-0.15, -0.1) is 0 Å². The Labute approximate surface area is 125 Å².